The molecule has 0 spiro atoms. The van der Waals surface area contributed by atoms with Gasteiger partial charge in [-0.25, -0.2) is 4.79 Å². The van der Waals surface area contributed by atoms with Crippen LogP contribution in [0.4, 0.5) is 0 Å². The third-order valence-electron chi connectivity index (χ3n) is 4.82. The van der Waals surface area contributed by atoms with Crippen molar-refractivity contribution in [3.05, 3.63) is 83.4 Å². The number of esters is 1. The summed E-state index contributed by atoms with van der Waals surface area (Å²) in [5.41, 5.74) is 1.29. The first-order chi connectivity index (χ1) is 15.6. The van der Waals surface area contributed by atoms with E-state index in [4.69, 9.17) is 23.7 Å². The van der Waals surface area contributed by atoms with Crippen LogP contribution >= 0.6 is 0 Å². The van der Waals surface area contributed by atoms with Gasteiger partial charge in [-0.15, -0.1) is 0 Å². The van der Waals surface area contributed by atoms with Crippen LogP contribution in [0.2, 0.25) is 0 Å². The van der Waals surface area contributed by atoms with Crippen molar-refractivity contribution in [3.63, 3.8) is 0 Å². The third kappa shape index (κ3) is 4.41. The Morgan fingerprint density at radius 1 is 0.875 bits per heavy atom. The summed E-state index contributed by atoms with van der Waals surface area (Å²) in [6.45, 7) is 0.120. The third-order valence-corrected chi connectivity index (χ3v) is 4.82. The Hall–Kier alpha value is -4.26. The molecular formula is C25H20O7. The predicted molar refractivity (Wildman–Crippen MR) is 117 cm³/mol. The zero-order valence-electron chi connectivity index (χ0n) is 17.5. The number of benzene rings is 3. The monoisotopic (exact) mass is 432 g/mol. The van der Waals surface area contributed by atoms with Crippen LogP contribution in [0.1, 0.15) is 26.3 Å². The molecule has 1 heterocycles. The van der Waals surface area contributed by atoms with Gasteiger partial charge in [-0.3, -0.25) is 4.79 Å². The summed E-state index contributed by atoms with van der Waals surface area (Å²) in [6.07, 6.45) is 2.99. The normalized spacial score (nSPS) is 11.9. The van der Waals surface area contributed by atoms with E-state index in [9.17, 15) is 9.59 Å². The first-order valence-corrected chi connectivity index (χ1v) is 9.74. The average molecular weight is 432 g/mol. The van der Waals surface area contributed by atoms with Crippen molar-refractivity contribution in [1.82, 2.24) is 0 Å². The first kappa shape index (κ1) is 21.0. The van der Waals surface area contributed by atoms with Gasteiger partial charge >= 0.3 is 5.97 Å². The maximum atomic E-state index is 12.7. The van der Waals surface area contributed by atoms with Crippen molar-refractivity contribution in [3.8, 4) is 28.7 Å². The molecule has 162 valence electrons. The lowest BCUT2D eigenvalue weighted by Crippen LogP contribution is -2.09. The Balaban J connectivity index is 1.53. The molecule has 1 aliphatic rings. The highest BCUT2D eigenvalue weighted by atomic mass is 16.7. The molecule has 3 aromatic carbocycles. The van der Waals surface area contributed by atoms with Gasteiger partial charge in [0.25, 0.3) is 0 Å². The van der Waals surface area contributed by atoms with Gasteiger partial charge in [0.1, 0.15) is 17.2 Å². The van der Waals surface area contributed by atoms with Crippen molar-refractivity contribution in [2.45, 2.75) is 0 Å². The molecule has 0 radical (unpaired) electrons. The van der Waals surface area contributed by atoms with Crippen molar-refractivity contribution >= 4 is 17.8 Å². The minimum Gasteiger partial charge on any atom is -0.497 e. The Bertz CT molecular complexity index is 1200. The second-order valence-corrected chi connectivity index (χ2v) is 6.76. The Labute approximate surface area is 184 Å². The molecule has 0 aliphatic carbocycles. The molecule has 0 saturated heterocycles. The Kier molecular flexibility index (Phi) is 6.07. The Morgan fingerprint density at radius 2 is 1.69 bits per heavy atom. The number of ketones is 1. The molecule has 7 nitrogen and oxygen atoms in total. The fraction of sp³-hybridized carbons (Fsp3) is 0.120. The number of para-hydroxylation sites is 1. The number of hydrogen-bond donors (Lipinski definition) is 0. The van der Waals surface area contributed by atoms with Crippen LogP contribution in [0, 0.1) is 0 Å². The van der Waals surface area contributed by atoms with Gasteiger partial charge in [-0.05, 0) is 48.6 Å². The van der Waals surface area contributed by atoms with Crippen LogP contribution in [0.15, 0.2) is 66.7 Å². The predicted octanol–water partition coefficient (Wildman–Crippen LogP) is 4.55. The quantitative estimate of drug-likeness (QED) is 0.235. The molecule has 0 amide bonds. The topological polar surface area (TPSA) is 80.3 Å². The number of rotatable bonds is 7. The smallest absolute Gasteiger partial charge is 0.343 e. The summed E-state index contributed by atoms with van der Waals surface area (Å²) in [7, 11) is 3.03. The molecule has 0 bridgehead atoms. The van der Waals surface area contributed by atoms with Crippen molar-refractivity contribution in [2.24, 2.45) is 0 Å². The number of ether oxygens (including phenoxy) is 5. The number of fused-ring (bicyclic) bond motifs is 1. The van der Waals surface area contributed by atoms with Crippen LogP contribution in [0.5, 0.6) is 28.7 Å². The molecule has 3 aromatic rings. The minimum absolute atomic E-state index is 0.120. The zero-order chi connectivity index (χ0) is 22.5. The first-order valence-electron chi connectivity index (χ1n) is 9.74. The van der Waals surface area contributed by atoms with Crippen molar-refractivity contribution < 1.29 is 33.3 Å². The minimum atomic E-state index is -0.549. The highest BCUT2D eigenvalue weighted by molar-refractivity contribution is 6.09. The van der Waals surface area contributed by atoms with Gasteiger partial charge in [0.15, 0.2) is 17.3 Å². The number of hydrogen-bond acceptors (Lipinski definition) is 7. The van der Waals surface area contributed by atoms with Gasteiger partial charge in [0.2, 0.25) is 6.79 Å². The highest BCUT2D eigenvalue weighted by Crippen LogP contribution is 2.33. The maximum absolute atomic E-state index is 12.7. The van der Waals surface area contributed by atoms with Gasteiger partial charge in [0.05, 0.1) is 25.3 Å². The van der Waals surface area contributed by atoms with Gasteiger partial charge in [-0.1, -0.05) is 18.2 Å². The second kappa shape index (κ2) is 9.26. The lowest BCUT2D eigenvalue weighted by atomic mass is 10.1. The number of methoxy groups -OCH3 is 2. The molecule has 7 heteroatoms. The molecule has 0 N–H and O–H groups in total. The summed E-state index contributed by atoms with van der Waals surface area (Å²) in [5, 5.41) is 0. The van der Waals surface area contributed by atoms with Crippen LogP contribution in [0.3, 0.4) is 0 Å². The summed E-state index contributed by atoms with van der Waals surface area (Å²) in [6, 6.07) is 16.7. The molecule has 4 rings (SSSR count). The van der Waals surface area contributed by atoms with E-state index in [0.29, 0.717) is 45.4 Å². The Morgan fingerprint density at radius 3 is 2.50 bits per heavy atom. The molecular weight excluding hydrogens is 412 g/mol. The molecule has 32 heavy (non-hydrogen) atoms. The van der Waals surface area contributed by atoms with Gasteiger partial charge in [-0.2, -0.15) is 0 Å². The fourth-order valence-corrected chi connectivity index (χ4v) is 3.15. The SMILES string of the molecule is COc1ccc(C(=O)/C=C/c2ccccc2OC(=O)c2ccc3c(c2)OCO3)c(OC)c1. The highest BCUT2D eigenvalue weighted by Gasteiger charge is 2.18. The van der Waals surface area contributed by atoms with E-state index < -0.39 is 5.97 Å². The summed E-state index contributed by atoms with van der Waals surface area (Å²) < 4.78 is 26.6. The van der Waals surface area contributed by atoms with E-state index in [2.05, 4.69) is 0 Å². The molecule has 0 aromatic heterocycles. The van der Waals surface area contributed by atoms with E-state index >= 15 is 0 Å². The number of carbonyl (C=O) groups excluding carboxylic acids is 2. The largest absolute Gasteiger partial charge is 0.497 e. The van der Waals surface area contributed by atoms with E-state index in [1.807, 2.05) is 0 Å². The van der Waals surface area contributed by atoms with Crippen molar-refractivity contribution in [1.29, 1.82) is 0 Å². The molecule has 1 aliphatic heterocycles. The molecule has 0 atom stereocenters. The van der Waals surface area contributed by atoms with E-state index in [0.717, 1.165) is 0 Å². The summed E-state index contributed by atoms with van der Waals surface area (Å²) in [4.78, 5) is 25.4. The van der Waals surface area contributed by atoms with Crippen LogP contribution in [-0.4, -0.2) is 32.8 Å². The molecule has 0 fully saturated rings. The molecule has 0 saturated carbocycles. The average Bonchev–Trinajstić information content (AvgIpc) is 3.30. The molecule has 0 unspecified atom stereocenters. The fourth-order valence-electron chi connectivity index (χ4n) is 3.15. The lowest BCUT2D eigenvalue weighted by molar-refractivity contribution is 0.0733. The van der Waals surface area contributed by atoms with Crippen molar-refractivity contribution in [2.75, 3.05) is 21.0 Å². The maximum Gasteiger partial charge on any atom is 0.343 e. The van der Waals surface area contributed by atoms with E-state index in [1.165, 1.54) is 20.3 Å². The number of allylic oxidation sites excluding steroid dienone is 1. The van der Waals surface area contributed by atoms with E-state index in [-0.39, 0.29) is 12.6 Å². The van der Waals surface area contributed by atoms with Gasteiger partial charge in [0, 0.05) is 11.6 Å². The summed E-state index contributed by atoms with van der Waals surface area (Å²) in [5.74, 6) is 1.57. The second-order valence-electron chi connectivity index (χ2n) is 6.76. The lowest BCUT2D eigenvalue weighted by Gasteiger charge is -2.09. The van der Waals surface area contributed by atoms with Crippen LogP contribution < -0.4 is 23.7 Å². The standard InChI is InChI=1S/C25H20O7/c1-28-18-9-10-19(23(14-18)29-2)20(26)11-7-16-5-3-4-6-21(16)32-25(27)17-8-12-22-24(13-17)31-15-30-22/h3-14H,15H2,1-2H3/b11-7+. The zero-order valence-corrected chi connectivity index (χ0v) is 17.5. The summed E-state index contributed by atoms with van der Waals surface area (Å²) >= 11 is 0. The van der Waals surface area contributed by atoms with Gasteiger partial charge < -0.3 is 23.7 Å². The van der Waals surface area contributed by atoms with Crippen LogP contribution in [0.25, 0.3) is 6.08 Å². The number of carbonyl (C=O) groups is 2. The van der Waals surface area contributed by atoms with E-state index in [1.54, 1.807) is 66.7 Å². The van der Waals surface area contributed by atoms with Crippen LogP contribution in [-0.2, 0) is 0 Å².